The molecule has 2 rings (SSSR count). The Morgan fingerprint density at radius 3 is 2.22 bits per heavy atom. The van der Waals surface area contributed by atoms with Crippen molar-refractivity contribution in [3.8, 4) is 5.75 Å². The van der Waals surface area contributed by atoms with Crippen LogP contribution < -0.4 is 14.4 Å². The van der Waals surface area contributed by atoms with Gasteiger partial charge in [-0.3, -0.25) is 9.59 Å². The molecule has 2 aromatic carbocycles. The minimum atomic E-state index is -4.23. The molecule has 0 aliphatic rings. The number of benzene rings is 2. The number of carbonyl (C=O) groups excluding carboxylic acids is 2. The number of rotatable bonds is 13. The summed E-state index contributed by atoms with van der Waals surface area (Å²) in [6.45, 7) is 3.50. The molecule has 0 unspecified atom stereocenters. The first-order valence-corrected chi connectivity index (χ1v) is 13.1. The molecule has 198 valence electrons. The van der Waals surface area contributed by atoms with Crippen molar-refractivity contribution in [2.45, 2.75) is 39.3 Å². The molecule has 0 saturated heterocycles. The number of hydrogen-bond donors (Lipinski definition) is 1. The van der Waals surface area contributed by atoms with Gasteiger partial charge in [-0.1, -0.05) is 38.1 Å². The van der Waals surface area contributed by atoms with Crippen molar-refractivity contribution >= 4 is 27.7 Å². The van der Waals surface area contributed by atoms with E-state index in [-0.39, 0.29) is 18.1 Å². The van der Waals surface area contributed by atoms with Gasteiger partial charge >= 0.3 is 10.2 Å². The maximum absolute atomic E-state index is 14.7. The number of carbonyl (C=O) groups is 2. The first kappa shape index (κ1) is 29.1. The van der Waals surface area contributed by atoms with E-state index < -0.39 is 34.5 Å². The Hall–Kier alpha value is -3.18. The molecular formula is C25H35FN4O5S. The normalized spacial score (nSPS) is 12.2. The van der Waals surface area contributed by atoms with Gasteiger partial charge in [0.1, 0.15) is 24.2 Å². The Balaban J connectivity index is 2.49. The monoisotopic (exact) mass is 522 g/mol. The Labute approximate surface area is 213 Å². The molecule has 0 saturated carbocycles. The lowest BCUT2D eigenvalue weighted by Gasteiger charge is -2.34. The van der Waals surface area contributed by atoms with E-state index in [4.69, 9.17) is 4.74 Å². The molecule has 1 N–H and O–H groups in total. The summed E-state index contributed by atoms with van der Waals surface area (Å²) in [7, 11) is -0.0868. The number of amides is 2. The lowest BCUT2D eigenvalue weighted by Crippen LogP contribution is -2.53. The van der Waals surface area contributed by atoms with Gasteiger partial charge in [0.2, 0.25) is 11.8 Å². The van der Waals surface area contributed by atoms with E-state index in [1.165, 1.54) is 37.2 Å². The van der Waals surface area contributed by atoms with Crippen LogP contribution in [0.3, 0.4) is 0 Å². The molecule has 1 atom stereocenters. The first-order valence-electron chi connectivity index (χ1n) is 11.7. The number of hydrogen-bond acceptors (Lipinski definition) is 5. The second kappa shape index (κ2) is 13.2. The van der Waals surface area contributed by atoms with Gasteiger partial charge in [-0.05, 0) is 42.7 Å². The summed E-state index contributed by atoms with van der Waals surface area (Å²) in [6.07, 6.45) is 1.02. The zero-order chi connectivity index (χ0) is 26.9. The van der Waals surface area contributed by atoms with E-state index >= 15 is 0 Å². The average molecular weight is 523 g/mol. The summed E-state index contributed by atoms with van der Waals surface area (Å²) in [4.78, 5) is 28.0. The number of nitrogens with zero attached hydrogens (tertiary/aromatic N) is 3. The average Bonchev–Trinajstić information content (AvgIpc) is 2.86. The topological polar surface area (TPSA) is 99.3 Å². The lowest BCUT2D eigenvalue weighted by molar-refractivity contribution is -0.140. The summed E-state index contributed by atoms with van der Waals surface area (Å²) in [5.74, 6) is -1.13. The van der Waals surface area contributed by atoms with Gasteiger partial charge in [-0.15, -0.1) is 0 Å². The van der Waals surface area contributed by atoms with Crippen molar-refractivity contribution in [1.82, 2.24) is 14.5 Å². The third kappa shape index (κ3) is 7.17. The van der Waals surface area contributed by atoms with E-state index in [0.717, 1.165) is 26.7 Å². The molecule has 0 bridgehead atoms. The number of methoxy groups -OCH3 is 1. The number of ether oxygens (including phenoxy) is 1. The fourth-order valence-corrected chi connectivity index (χ4v) is 4.63. The first-order chi connectivity index (χ1) is 17.1. The zero-order valence-electron chi connectivity index (χ0n) is 21.4. The van der Waals surface area contributed by atoms with Crippen LogP contribution in [0.1, 0.15) is 32.3 Å². The molecule has 0 radical (unpaired) electrons. The summed E-state index contributed by atoms with van der Waals surface area (Å²) < 4.78 is 47.7. The molecule has 2 aromatic rings. The third-order valence-electron chi connectivity index (χ3n) is 5.59. The fraction of sp³-hybridized carbons (Fsp3) is 0.440. The summed E-state index contributed by atoms with van der Waals surface area (Å²) in [6, 6.07) is 11.5. The minimum Gasteiger partial charge on any atom is -0.497 e. The second-order valence-corrected chi connectivity index (χ2v) is 10.4. The van der Waals surface area contributed by atoms with Crippen LogP contribution in [0.2, 0.25) is 0 Å². The molecule has 0 fully saturated rings. The minimum absolute atomic E-state index is 0.0496. The largest absolute Gasteiger partial charge is 0.497 e. The van der Waals surface area contributed by atoms with Crippen LogP contribution >= 0.6 is 0 Å². The molecule has 2 amide bonds. The number of nitrogens with one attached hydrogen (secondary N) is 1. The van der Waals surface area contributed by atoms with Crippen molar-refractivity contribution < 1.29 is 27.1 Å². The van der Waals surface area contributed by atoms with E-state index in [9.17, 15) is 22.4 Å². The Morgan fingerprint density at radius 1 is 1.06 bits per heavy atom. The van der Waals surface area contributed by atoms with Crippen molar-refractivity contribution in [3.63, 3.8) is 0 Å². The van der Waals surface area contributed by atoms with Crippen LogP contribution in [-0.2, 0) is 26.3 Å². The van der Waals surface area contributed by atoms with Crippen molar-refractivity contribution in [3.05, 3.63) is 59.9 Å². The fourth-order valence-electron chi connectivity index (χ4n) is 3.57. The SMILES string of the molecule is CCCNC(=O)[C@@H](CC)N(Cc1ccc(OC)cc1)C(=O)CN(c1ccccc1F)S(=O)(=O)N(C)C. The molecule has 0 aliphatic carbocycles. The van der Waals surface area contributed by atoms with Crippen LogP contribution in [0.5, 0.6) is 5.75 Å². The highest BCUT2D eigenvalue weighted by atomic mass is 32.2. The van der Waals surface area contributed by atoms with Crippen molar-refractivity contribution in [2.24, 2.45) is 0 Å². The van der Waals surface area contributed by atoms with Gasteiger partial charge in [0.25, 0.3) is 0 Å². The maximum Gasteiger partial charge on any atom is 0.304 e. The molecular weight excluding hydrogens is 487 g/mol. The summed E-state index contributed by atoms with van der Waals surface area (Å²) in [5, 5.41) is 2.81. The maximum atomic E-state index is 14.7. The van der Waals surface area contributed by atoms with Gasteiger partial charge in [0.15, 0.2) is 0 Å². The van der Waals surface area contributed by atoms with Crippen LogP contribution in [0.15, 0.2) is 48.5 Å². The Kier molecular flexibility index (Phi) is 10.7. The molecule has 36 heavy (non-hydrogen) atoms. The summed E-state index contributed by atoms with van der Waals surface area (Å²) >= 11 is 0. The number of para-hydroxylation sites is 1. The van der Waals surface area contributed by atoms with Crippen molar-refractivity contribution in [1.29, 1.82) is 0 Å². The highest BCUT2D eigenvalue weighted by Crippen LogP contribution is 2.24. The Bertz CT molecular complexity index is 1130. The summed E-state index contributed by atoms with van der Waals surface area (Å²) in [5.41, 5.74) is 0.464. The quantitative estimate of drug-likeness (QED) is 0.436. The Morgan fingerprint density at radius 2 is 1.69 bits per heavy atom. The van der Waals surface area contributed by atoms with E-state index in [1.54, 1.807) is 38.3 Å². The van der Waals surface area contributed by atoms with Gasteiger partial charge < -0.3 is 15.0 Å². The number of anilines is 1. The van der Waals surface area contributed by atoms with E-state index in [1.807, 2.05) is 6.92 Å². The van der Waals surface area contributed by atoms with Gasteiger partial charge in [0, 0.05) is 27.2 Å². The van der Waals surface area contributed by atoms with E-state index in [2.05, 4.69) is 5.32 Å². The predicted molar refractivity (Wildman–Crippen MR) is 137 cm³/mol. The molecule has 0 aromatic heterocycles. The third-order valence-corrected chi connectivity index (χ3v) is 7.39. The van der Waals surface area contributed by atoms with Gasteiger partial charge in [0.05, 0.1) is 12.8 Å². The lowest BCUT2D eigenvalue weighted by atomic mass is 10.1. The van der Waals surface area contributed by atoms with Crippen LogP contribution in [0, 0.1) is 5.82 Å². The highest BCUT2D eigenvalue weighted by Gasteiger charge is 2.34. The molecule has 0 spiro atoms. The van der Waals surface area contributed by atoms with E-state index in [0.29, 0.717) is 18.7 Å². The molecule has 0 aliphatic heterocycles. The molecule has 9 nitrogen and oxygen atoms in total. The standard InChI is InChI=1S/C25H35FN4O5S/c1-6-16-27-25(32)22(7-2)29(17-19-12-14-20(35-5)15-13-19)24(31)18-30(36(33,34)28(3)4)23-11-9-8-10-21(23)26/h8-15,22H,6-7,16-18H2,1-5H3,(H,27,32)/t22-/m1/s1. The van der Waals surface area contributed by atoms with Crippen molar-refractivity contribution in [2.75, 3.05) is 38.6 Å². The molecule has 0 heterocycles. The van der Waals surface area contributed by atoms with Crippen LogP contribution in [0.4, 0.5) is 10.1 Å². The number of halogens is 1. The van der Waals surface area contributed by atoms with Gasteiger partial charge in [-0.2, -0.15) is 12.7 Å². The second-order valence-electron chi connectivity index (χ2n) is 8.33. The zero-order valence-corrected chi connectivity index (χ0v) is 22.2. The van der Waals surface area contributed by atoms with Crippen LogP contribution in [-0.4, -0.2) is 69.8 Å². The smallest absolute Gasteiger partial charge is 0.304 e. The molecule has 11 heteroatoms. The highest BCUT2D eigenvalue weighted by molar-refractivity contribution is 7.90. The van der Waals surface area contributed by atoms with Gasteiger partial charge in [-0.25, -0.2) is 8.70 Å². The van der Waals surface area contributed by atoms with Crippen LogP contribution in [0.25, 0.3) is 0 Å². The predicted octanol–water partition coefficient (Wildman–Crippen LogP) is 2.78.